The molecule has 1 unspecified atom stereocenters. The molecule has 0 fully saturated rings. The molecular formula is C22H27N9. The Kier molecular flexibility index (Phi) is 5.11. The smallest absolute Gasteiger partial charge is 0.173 e. The van der Waals surface area contributed by atoms with Gasteiger partial charge in [0.15, 0.2) is 5.82 Å². The van der Waals surface area contributed by atoms with Crippen LogP contribution < -0.4 is 0 Å². The normalized spacial score (nSPS) is 16.7. The lowest BCUT2D eigenvalue weighted by atomic mass is 9.97. The van der Waals surface area contributed by atoms with Crippen molar-refractivity contribution >= 4 is 0 Å². The molecule has 160 valence electrons. The van der Waals surface area contributed by atoms with Crippen LogP contribution >= 0.6 is 0 Å². The first-order valence-electron chi connectivity index (χ1n) is 10.8. The van der Waals surface area contributed by atoms with Gasteiger partial charge < -0.3 is 0 Å². The first kappa shape index (κ1) is 19.6. The molecule has 0 spiro atoms. The zero-order chi connectivity index (χ0) is 21.4. The van der Waals surface area contributed by atoms with Gasteiger partial charge in [0, 0.05) is 43.2 Å². The number of fused-ring (bicyclic) bond motifs is 1. The molecule has 1 aromatic carbocycles. The molecule has 0 bridgehead atoms. The maximum atomic E-state index is 4.97. The zero-order valence-electron chi connectivity index (χ0n) is 18.1. The van der Waals surface area contributed by atoms with Gasteiger partial charge in [0.2, 0.25) is 0 Å². The third kappa shape index (κ3) is 3.65. The van der Waals surface area contributed by atoms with Crippen molar-refractivity contribution in [1.82, 2.24) is 44.7 Å². The van der Waals surface area contributed by atoms with E-state index in [2.05, 4.69) is 70.8 Å². The van der Waals surface area contributed by atoms with E-state index in [1.807, 2.05) is 38.4 Å². The van der Waals surface area contributed by atoms with Crippen LogP contribution in [0, 0.1) is 0 Å². The number of hydrogen-bond acceptors (Lipinski definition) is 6. The molecule has 0 N–H and O–H groups in total. The Balaban J connectivity index is 1.58. The summed E-state index contributed by atoms with van der Waals surface area (Å²) < 4.78 is 5.85. The summed E-state index contributed by atoms with van der Waals surface area (Å²) in [4.78, 5) is 2.43. The second kappa shape index (κ2) is 8.07. The molecule has 9 heteroatoms. The number of benzene rings is 1. The van der Waals surface area contributed by atoms with E-state index in [1.165, 1.54) is 5.56 Å². The Labute approximate surface area is 181 Å². The molecule has 4 heterocycles. The van der Waals surface area contributed by atoms with Crippen molar-refractivity contribution < 1.29 is 0 Å². The third-order valence-electron chi connectivity index (χ3n) is 5.80. The van der Waals surface area contributed by atoms with E-state index < -0.39 is 0 Å². The quantitative estimate of drug-likeness (QED) is 0.480. The highest BCUT2D eigenvalue weighted by atomic mass is 15.6. The Bertz CT molecular complexity index is 1150. The van der Waals surface area contributed by atoms with Crippen LogP contribution in [0.1, 0.15) is 55.4 Å². The number of rotatable bonds is 6. The number of hydrogen-bond donors (Lipinski definition) is 0. The van der Waals surface area contributed by atoms with Gasteiger partial charge in [-0.15, -0.1) is 5.10 Å². The van der Waals surface area contributed by atoms with Crippen LogP contribution in [-0.4, -0.2) is 51.2 Å². The van der Waals surface area contributed by atoms with Gasteiger partial charge in [0.1, 0.15) is 6.04 Å². The van der Waals surface area contributed by atoms with E-state index in [1.54, 1.807) is 0 Å². The summed E-state index contributed by atoms with van der Waals surface area (Å²) in [5, 5.41) is 22.0. The standard InChI is InChI=1S/C22H27N9/c1-4-29-14-17(12-23-29)13-28-10-11-30-22(24-26-27-30)21(28)19-15-31(25-20(19)16(2)3)18-8-6-5-7-9-18/h5-9,12,14-16,21H,4,10-11,13H2,1-3H3. The molecule has 0 amide bonds. The number of aromatic nitrogens is 8. The summed E-state index contributed by atoms with van der Waals surface area (Å²) >= 11 is 0. The molecule has 1 atom stereocenters. The second-order valence-electron chi connectivity index (χ2n) is 8.24. The summed E-state index contributed by atoms with van der Waals surface area (Å²) in [6, 6.07) is 10.2. The average Bonchev–Trinajstić information content (AvgIpc) is 3.53. The lowest BCUT2D eigenvalue weighted by molar-refractivity contribution is 0.163. The maximum absolute atomic E-state index is 4.97. The summed E-state index contributed by atoms with van der Waals surface area (Å²) in [5.41, 5.74) is 4.45. The minimum atomic E-state index is -0.0661. The lowest BCUT2D eigenvalue weighted by Gasteiger charge is -2.34. The topological polar surface area (TPSA) is 82.5 Å². The highest BCUT2D eigenvalue weighted by molar-refractivity contribution is 5.36. The minimum Gasteiger partial charge on any atom is -0.283 e. The number of tetrazole rings is 1. The van der Waals surface area contributed by atoms with E-state index in [0.717, 1.165) is 48.9 Å². The maximum Gasteiger partial charge on any atom is 0.173 e. The molecule has 3 aromatic heterocycles. The molecule has 4 aromatic rings. The fraction of sp³-hybridized carbons (Fsp3) is 0.409. The lowest BCUT2D eigenvalue weighted by Crippen LogP contribution is -2.39. The van der Waals surface area contributed by atoms with Gasteiger partial charge in [-0.2, -0.15) is 10.2 Å². The monoisotopic (exact) mass is 417 g/mol. The van der Waals surface area contributed by atoms with Crippen molar-refractivity contribution in [2.75, 3.05) is 6.54 Å². The van der Waals surface area contributed by atoms with Gasteiger partial charge in [0.05, 0.1) is 24.1 Å². The van der Waals surface area contributed by atoms with Crippen molar-refractivity contribution in [3.63, 3.8) is 0 Å². The summed E-state index contributed by atoms with van der Waals surface area (Å²) in [6.07, 6.45) is 6.21. The fourth-order valence-corrected chi connectivity index (χ4v) is 4.26. The first-order chi connectivity index (χ1) is 15.1. The molecule has 31 heavy (non-hydrogen) atoms. The first-order valence-corrected chi connectivity index (χ1v) is 10.8. The molecule has 0 saturated heterocycles. The van der Waals surface area contributed by atoms with Gasteiger partial charge in [-0.25, -0.2) is 9.36 Å². The number of aryl methyl sites for hydroxylation is 1. The summed E-state index contributed by atoms with van der Waals surface area (Å²) in [7, 11) is 0. The van der Waals surface area contributed by atoms with Crippen LogP contribution in [0.15, 0.2) is 48.9 Å². The highest BCUT2D eigenvalue weighted by Crippen LogP contribution is 2.35. The van der Waals surface area contributed by atoms with Crippen LogP contribution in [0.2, 0.25) is 0 Å². The molecule has 5 rings (SSSR count). The zero-order valence-corrected chi connectivity index (χ0v) is 18.1. The van der Waals surface area contributed by atoms with Gasteiger partial charge in [-0.3, -0.25) is 9.58 Å². The number of para-hydroxylation sites is 1. The molecule has 0 saturated carbocycles. The summed E-state index contributed by atoms with van der Waals surface area (Å²) in [6.45, 7) is 9.74. The predicted octanol–water partition coefficient (Wildman–Crippen LogP) is 2.80. The molecule has 1 aliphatic rings. The second-order valence-corrected chi connectivity index (χ2v) is 8.24. The van der Waals surface area contributed by atoms with Crippen LogP contribution in [0.25, 0.3) is 5.69 Å². The number of nitrogens with zero attached hydrogens (tertiary/aromatic N) is 9. The SMILES string of the molecule is CCn1cc(CN2CCn3nnnc3C2c2cn(-c3ccccc3)nc2C(C)C)cn1. The highest BCUT2D eigenvalue weighted by Gasteiger charge is 2.35. The summed E-state index contributed by atoms with van der Waals surface area (Å²) in [5.74, 6) is 1.14. The Morgan fingerprint density at radius 2 is 1.94 bits per heavy atom. The van der Waals surface area contributed by atoms with E-state index in [4.69, 9.17) is 5.10 Å². The van der Waals surface area contributed by atoms with Crippen LogP contribution in [0.5, 0.6) is 0 Å². The van der Waals surface area contributed by atoms with Gasteiger partial charge in [-0.1, -0.05) is 32.0 Å². The van der Waals surface area contributed by atoms with E-state index in [0.29, 0.717) is 0 Å². The third-order valence-corrected chi connectivity index (χ3v) is 5.80. The molecule has 9 nitrogen and oxygen atoms in total. The van der Waals surface area contributed by atoms with Crippen LogP contribution in [0.3, 0.4) is 0 Å². The Hall–Kier alpha value is -3.33. The Morgan fingerprint density at radius 1 is 1.10 bits per heavy atom. The van der Waals surface area contributed by atoms with E-state index >= 15 is 0 Å². The van der Waals surface area contributed by atoms with E-state index in [-0.39, 0.29) is 12.0 Å². The molecular weight excluding hydrogens is 390 g/mol. The van der Waals surface area contributed by atoms with Crippen molar-refractivity contribution in [2.24, 2.45) is 0 Å². The van der Waals surface area contributed by atoms with Gasteiger partial charge in [0.25, 0.3) is 0 Å². The molecule has 0 aliphatic carbocycles. The van der Waals surface area contributed by atoms with Gasteiger partial charge >= 0.3 is 0 Å². The van der Waals surface area contributed by atoms with Crippen molar-refractivity contribution in [3.8, 4) is 5.69 Å². The molecule has 1 aliphatic heterocycles. The van der Waals surface area contributed by atoms with Crippen molar-refractivity contribution in [2.45, 2.75) is 52.4 Å². The van der Waals surface area contributed by atoms with Gasteiger partial charge in [-0.05, 0) is 35.4 Å². The van der Waals surface area contributed by atoms with Crippen molar-refractivity contribution in [3.05, 3.63) is 71.6 Å². The predicted molar refractivity (Wildman–Crippen MR) is 116 cm³/mol. The molecule has 0 radical (unpaired) electrons. The largest absolute Gasteiger partial charge is 0.283 e. The van der Waals surface area contributed by atoms with Crippen molar-refractivity contribution in [1.29, 1.82) is 0 Å². The van der Waals surface area contributed by atoms with Crippen LogP contribution in [-0.2, 0) is 19.6 Å². The van der Waals surface area contributed by atoms with E-state index in [9.17, 15) is 0 Å². The average molecular weight is 418 g/mol. The minimum absolute atomic E-state index is 0.0661. The fourth-order valence-electron chi connectivity index (χ4n) is 4.26. The van der Waals surface area contributed by atoms with Crippen LogP contribution in [0.4, 0.5) is 0 Å². The Morgan fingerprint density at radius 3 is 2.68 bits per heavy atom.